The number of aliphatic carboxylic acids is 1. The Morgan fingerprint density at radius 3 is 2.58 bits per heavy atom. The van der Waals surface area contributed by atoms with Crippen LogP contribution in [0, 0.1) is 5.92 Å². The van der Waals surface area contributed by atoms with Gasteiger partial charge in [0.15, 0.2) is 0 Å². The topological polar surface area (TPSA) is 104 Å². The zero-order valence-corrected chi connectivity index (χ0v) is 14.8. The summed E-state index contributed by atoms with van der Waals surface area (Å²) in [6, 6.07) is 4.98. The smallest absolute Gasteiger partial charge is 0.310 e. The molecular formula is C16H23NO6S. The zero-order chi connectivity index (χ0) is 18.1. The molecule has 1 fully saturated rings. The van der Waals surface area contributed by atoms with Crippen LogP contribution in [0.2, 0.25) is 0 Å². The summed E-state index contributed by atoms with van der Waals surface area (Å²) >= 11 is 0. The summed E-state index contributed by atoms with van der Waals surface area (Å²) in [6.07, 6.45) is -0.958. The maximum Gasteiger partial charge on any atom is 0.310 e. The van der Waals surface area contributed by atoms with E-state index in [2.05, 4.69) is 0 Å². The highest BCUT2D eigenvalue weighted by Crippen LogP contribution is 2.32. The number of carboxylic acid groups (broad SMARTS) is 1. The molecule has 0 unspecified atom stereocenters. The molecule has 0 bridgehead atoms. The van der Waals surface area contributed by atoms with Gasteiger partial charge in [0.25, 0.3) is 0 Å². The first-order valence-corrected chi connectivity index (χ1v) is 9.21. The molecule has 2 atom stereocenters. The van der Waals surface area contributed by atoms with Crippen molar-refractivity contribution in [1.82, 2.24) is 4.31 Å². The molecule has 0 radical (unpaired) electrons. The molecule has 1 aromatic rings. The third-order valence-electron chi connectivity index (χ3n) is 4.33. The van der Waals surface area contributed by atoms with E-state index in [4.69, 9.17) is 4.74 Å². The quantitative estimate of drug-likeness (QED) is 0.822. The molecule has 1 heterocycles. The van der Waals surface area contributed by atoms with Crippen LogP contribution in [0.4, 0.5) is 0 Å². The number of hydrogen-bond donors (Lipinski definition) is 2. The fourth-order valence-electron chi connectivity index (χ4n) is 2.76. The average molecular weight is 357 g/mol. The Balaban J connectivity index is 2.43. The lowest BCUT2D eigenvalue weighted by Crippen LogP contribution is -2.48. The van der Waals surface area contributed by atoms with Crippen molar-refractivity contribution >= 4 is 16.0 Å². The van der Waals surface area contributed by atoms with Gasteiger partial charge in [0.05, 0.1) is 19.1 Å². The molecule has 24 heavy (non-hydrogen) atoms. The number of aliphatic hydroxyl groups excluding tert-OH is 1. The minimum atomic E-state index is -3.92. The van der Waals surface area contributed by atoms with Gasteiger partial charge in [0.2, 0.25) is 10.0 Å². The number of nitrogens with zero attached hydrogens (tertiary/aromatic N) is 1. The molecule has 1 saturated heterocycles. The molecule has 0 aromatic heterocycles. The van der Waals surface area contributed by atoms with E-state index in [0.29, 0.717) is 0 Å². The SMILES string of the molecule is COc1ccc(C(C)C)cc1S(=O)(=O)N1CC[C@@H](O)[C@@H](C(=O)O)C1. The Morgan fingerprint density at radius 2 is 2.04 bits per heavy atom. The molecule has 2 rings (SSSR count). The van der Waals surface area contributed by atoms with Crippen molar-refractivity contribution in [2.75, 3.05) is 20.2 Å². The molecule has 134 valence electrons. The normalized spacial score (nSPS) is 22.5. The van der Waals surface area contributed by atoms with Crippen LogP contribution in [-0.4, -0.2) is 55.2 Å². The predicted molar refractivity (Wildman–Crippen MR) is 87.6 cm³/mol. The van der Waals surface area contributed by atoms with E-state index in [1.54, 1.807) is 12.1 Å². The van der Waals surface area contributed by atoms with Gasteiger partial charge in [-0.1, -0.05) is 19.9 Å². The molecule has 1 aromatic carbocycles. The summed E-state index contributed by atoms with van der Waals surface area (Å²) in [5.74, 6) is -1.98. The molecular weight excluding hydrogens is 334 g/mol. The van der Waals surface area contributed by atoms with E-state index in [-0.39, 0.29) is 36.1 Å². The fourth-order valence-corrected chi connectivity index (χ4v) is 4.44. The first kappa shape index (κ1) is 18.7. The minimum Gasteiger partial charge on any atom is -0.495 e. The lowest BCUT2D eigenvalue weighted by molar-refractivity contribution is -0.147. The van der Waals surface area contributed by atoms with Gasteiger partial charge in [0, 0.05) is 13.1 Å². The van der Waals surface area contributed by atoms with E-state index in [0.717, 1.165) is 9.87 Å². The third kappa shape index (κ3) is 3.55. The second kappa shape index (κ2) is 7.08. The first-order valence-electron chi connectivity index (χ1n) is 7.77. The lowest BCUT2D eigenvalue weighted by atomic mass is 9.96. The van der Waals surface area contributed by atoms with Crippen molar-refractivity contribution in [2.24, 2.45) is 5.92 Å². The molecule has 1 aliphatic heterocycles. The van der Waals surface area contributed by atoms with Gasteiger partial charge in [-0.05, 0) is 30.0 Å². The highest BCUT2D eigenvalue weighted by molar-refractivity contribution is 7.89. The monoisotopic (exact) mass is 357 g/mol. The van der Waals surface area contributed by atoms with Gasteiger partial charge < -0.3 is 14.9 Å². The number of rotatable bonds is 5. The maximum atomic E-state index is 13.0. The predicted octanol–water partition coefficient (Wildman–Crippen LogP) is 1.27. The molecule has 7 nitrogen and oxygen atoms in total. The first-order chi connectivity index (χ1) is 11.2. The van der Waals surface area contributed by atoms with Crippen molar-refractivity contribution in [3.05, 3.63) is 23.8 Å². The van der Waals surface area contributed by atoms with Crippen molar-refractivity contribution in [3.8, 4) is 5.75 Å². The van der Waals surface area contributed by atoms with Crippen LogP contribution in [0.3, 0.4) is 0 Å². The van der Waals surface area contributed by atoms with Crippen LogP contribution in [-0.2, 0) is 14.8 Å². The number of methoxy groups -OCH3 is 1. The standard InChI is InChI=1S/C16H23NO6S/c1-10(2)11-4-5-14(23-3)15(8-11)24(21,22)17-7-6-13(18)12(9-17)16(19)20/h4-5,8,10,12-13,18H,6-7,9H2,1-3H3,(H,19,20)/t12-,13+/m0/s1. The van der Waals surface area contributed by atoms with E-state index in [1.165, 1.54) is 7.11 Å². The largest absolute Gasteiger partial charge is 0.495 e. The van der Waals surface area contributed by atoms with Gasteiger partial charge in [-0.3, -0.25) is 4.79 Å². The van der Waals surface area contributed by atoms with Crippen LogP contribution < -0.4 is 4.74 Å². The number of sulfonamides is 1. The summed E-state index contributed by atoms with van der Waals surface area (Å²) in [5.41, 5.74) is 0.848. The number of carbonyl (C=O) groups is 1. The van der Waals surface area contributed by atoms with Crippen LogP contribution in [0.25, 0.3) is 0 Å². The number of hydrogen-bond acceptors (Lipinski definition) is 5. The average Bonchev–Trinajstić information content (AvgIpc) is 2.54. The van der Waals surface area contributed by atoms with E-state index in [1.807, 2.05) is 19.9 Å². The van der Waals surface area contributed by atoms with E-state index in [9.17, 15) is 23.4 Å². The summed E-state index contributed by atoms with van der Waals surface area (Å²) in [4.78, 5) is 11.3. The van der Waals surface area contributed by atoms with Crippen molar-refractivity contribution in [1.29, 1.82) is 0 Å². The van der Waals surface area contributed by atoms with Crippen molar-refractivity contribution < 1.29 is 28.2 Å². The van der Waals surface area contributed by atoms with Crippen LogP contribution in [0.1, 0.15) is 31.7 Å². The second-order valence-electron chi connectivity index (χ2n) is 6.23. The Kier molecular flexibility index (Phi) is 5.52. The van der Waals surface area contributed by atoms with Gasteiger partial charge >= 0.3 is 5.97 Å². The Bertz CT molecular complexity index is 715. The number of benzene rings is 1. The summed E-state index contributed by atoms with van der Waals surface area (Å²) in [5, 5.41) is 19.0. The third-order valence-corrected chi connectivity index (χ3v) is 6.21. The summed E-state index contributed by atoms with van der Waals surface area (Å²) in [7, 11) is -2.52. The Morgan fingerprint density at radius 1 is 1.38 bits per heavy atom. The molecule has 1 aliphatic rings. The molecule has 0 saturated carbocycles. The van der Waals surface area contributed by atoms with Gasteiger partial charge in [-0.25, -0.2) is 8.42 Å². The van der Waals surface area contributed by atoms with Crippen molar-refractivity contribution in [2.45, 2.75) is 37.2 Å². The molecule has 8 heteroatoms. The molecule has 0 amide bonds. The van der Waals surface area contributed by atoms with Gasteiger partial charge in [0.1, 0.15) is 10.6 Å². The number of carboxylic acids is 1. The van der Waals surface area contributed by atoms with Crippen LogP contribution in [0.15, 0.2) is 23.1 Å². The van der Waals surface area contributed by atoms with Crippen molar-refractivity contribution in [3.63, 3.8) is 0 Å². The lowest BCUT2D eigenvalue weighted by Gasteiger charge is -2.33. The second-order valence-corrected chi connectivity index (χ2v) is 8.14. The molecule has 0 spiro atoms. The number of piperidine rings is 1. The zero-order valence-electron chi connectivity index (χ0n) is 14.0. The highest BCUT2D eigenvalue weighted by Gasteiger charge is 2.39. The van der Waals surface area contributed by atoms with Gasteiger partial charge in [-0.15, -0.1) is 0 Å². The Labute approximate surface area is 141 Å². The molecule has 0 aliphatic carbocycles. The summed E-state index contributed by atoms with van der Waals surface area (Å²) in [6.45, 7) is 3.72. The fraction of sp³-hybridized carbons (Fsp3) is 0.562. The molecule has 2 N–H and O–H groups in total. The number of aliphatic hydroxyl groups is 1. The number of ether oxygens (including phenoxy) is 1. The summed E-state index contributed by atoms with van der Waals surface area (Å²) < 4.78 is 32.3. The van der Waals surface area contributed by atoms with E-state index < -0.39 is 28.0 Å². The van der Waals surface area contributed by atoms with Gasteiger partial charge in [-0.2, -0.15) is 4.31 Å². The highest BCUT2D eigenvalue weighted by atomic mass is 32.2. The minimum absolute atomic E-state index is 0.0247. The maximum absolute atomic E-state index is 13.0. The van der Waals surface area contributed by atoms with Crippen LogP contribution in [0.5, 0.6) is 5.75 Å². The Hall–Kier alpha value is -1.64. The van der Waals surface area contributed by atoms with Crippen LogP contribution >= 0.6 is 0 Å². The van der Waals surface area contributed by atoms with E-state index >= 15 is 0 Å².